The van der Waals surface area contributed by atoms with Crippen LogP contribution in [0.2, 0.25) is 0 Å². The molecule has 0 saturated carbocycles. The Kier molecular flexibility index (Phi) is 7.99. The van der Waals surface area contributed by atoms with Crippen molar-refractivity contribution >= 4 is 11.8 Å². The number of benzene rings is 1. The van der Waals surface area contributed by atoms with Crippen LogP contribution in [0.5, 0.6) is 0 Å². The van der Waals surface area contributed by atoms with Crippen LogP contribution in [0.1, 0.15) is 25.6 Å². The smallest absolute Gasteiger partial charge is 0.330 e. The molecule has 0 spiro atoms. The first kappa shape index (κ1) is 25.3. The van der Waals surface area contributed by atoms with Crippen LogP contribution in [0.25, 0.3) is 11.1 Å². The highest BCUT2D eigenvalue weighted by atomic mass is 16.6. The fraction of sp³-hybridized carbons (Fsp3) is 0.455. The number of carbonyl (C=O) groups is 2. The number of amides is 2. The molecule has 1 aliphatic heterocycles. The molecular formula is C22H28N4O8. The molecule has 5 atom stereocenters. The van der Waals surface area contributed by atoms with E-state index in [9.17, 15) is 34.5 Å². The molecule has 1 fully saturated rings. The summed E-state index contributed by atoms with van der Waals surface area (Å²) in [7, 11) is 0. The predicted molar refractivity (Wildman–Crippen MR) is 120 cm³/mol. The van der Waals surface area contributed by atoms with Crippen molar-refractivity contribution in [3.63, 3.8) is 0 Å². The van der Waals surface area contributed by atoms with Gasteiger partial charge in [0.2, 0.25) is 11.8 Å². The van der Waals surface area contributed by atoms with Gasteiger partial charge in [0, 0.05) is 26.1 Å². The van der Waals surface area contributed by atoms with Gasteiger partial charge in [-0.25, -0.2) is 4.79 Å². The molecule has 1 aliphatic rings. The molecule has 3 rings (SSSR count). The number of nitrogens with one attached hydrogen (secondary N) is 3. The highest BCUT2D eigenvalue weighted by molar-refractivity contribution is 5.87. The van der Waals surface area contributed by atoms with Crippen molar-refractivity contribution in [3.8, 4) is 11.1 Å². The Balaban J connectivity index is 2.04. The Bertz CT molecular complexity index is 1160. The number of carbonyl (C=O) groups excluding carboxylic acids is 2. The summed E-state index contributed by atoms with van der Waals surface area (Å²) in [6.45, 7) is 2.83. The quantitative estimate of drug-likeness (QED) is 0.253. The number of H-pyrrole nitrogens is 1. The monoisotopic (exact) mass is 476 g/mol. The Morgan fingerprint density at radius 2 is 1.88 bits per heavy atom. The average molecular weight is 476 g/mol. The summed E-state index contributed by atoms with van der Waals surface area (Å²) in [5, 5.41) is 34.9. The van der Waals surface area contributed by atoms with E-state index in [1.165, 1.54) is 13.1 Å². The fourth-order valence-electron chi connectivity index (χ4n) is 3.91. The predicted octanol–water partition coefficient (Wildman–Crippen LogP) is -2.00. The number of likely N-dealkylation sites (N-methyl/N-ethyl adjacent to an activating group) is 1. The Morgan fingerprint density at radius 1 is 1.18 bits per heavy atom. The molecule has 1 aromatic carbocycles. The van der Waals surface area contributed by atoms with Crippen LogP contribution in [-0.4, -0.2) is 74.2 Å². The molecule has 6 N–H and O–H groups in total. The van der Waals surface area contributed by atoms with Crippen LogP contribution < -0.4 is 21.9 Å². The Morgan fingerprint density at radius 3 is 2.50 bits per heavy atom. The van der Waals surface area contributed by atoms with E-state index >= 15 is 0 Å². The molecule has 0 bridgehead atoms. The lowest BCUT2D eigenvalue weighted by molar-refractivity contribution is -0.128. The summed E-state index contributed by atoms with van der Waals surface area (Å²) in [5.74, 6) is -0.789. The van der Waals surface area contributed by atoms with Gasteiger partial charge in [-0.05, 0) is 18.1 Å². The first-order valence-electron chi connectivity index (χ1n) is 10.8. The van der Waals surface area contributed by atoms with E-state index < -0.39 is 60.3 Å². The van der Waals surface area contributed by atoms with Crippen molar-refractivity contribution in [2.24, 2.45) is 0 Å². The van der Waals surface area contributed by atoms with Gasteiger partial charge in [0.15, 0.2) is 6.23 Å². The largest absolute Gasteiger partial charge is 0.394 e. The lowest BCUT2D eigenvalue weighted by atomic mass is 9.96. The normalized spacial score (nSPS) is 22.9. The van der Waals surface area contributed by atoms with Crippen LogP contribution in [0.4, 0.5) is 0 Å². The third-order valence-corrected chi connectivity index (χ3v) is 5.54. The van der Waals surface area contributed by atoms with Crippen molar-refractivity contribution in [1.82, 2.24) is 20.2 Å². The first-order valence-corrected chi connectivity index (χ1v) is 10.8. The van der Waals surface area contributed by atoms with Crippen LogP contribution in [0.15, 0.2) is 40.1 Å². The molecule has 1 aromatic heterocycles. The van der Waals surface area contributed by atoms with Crippen molar-refractivity contribution in [2.45, 2.75) is 50.8 Å². The summed E-state index contributed by atoms with van der Waals surface area (Å²) in [6, 6.07) is 5.78. The zero-order valence-corrected chi connectivity index (χ0v) is 18.7. The molecule has 184 valence electrons. The maximum absolute atomic E-state index is 12.7. The van der Waals surface area contributed by atoms with Gasteiger partial charge in [-0.15, -0.1) is 0 Å². The lowest BCUT2D eigenvalue weighted by Crippen LogP contribution is -2.47. The van der Waals surface area contributed by atoms with E-state index in [1.54, 1.807) is 31.2 Å². The second-order valence-electron chi connectivity index (χ2n) is 7.95. The first-order chi connectivity index (χ1) is 16.2. The Hall–Kier alpha value is -3.32. The van der Waals surface area contributed by atoms with Crippen molar-refractivity contribution in [3.05, 3.63) is 56.9 Å². The van der Waals surface area contributed by atoms with Crippen molar-refractivity contribution < 1.29 is 29.6 Å². The van der Waals surface area contributed by atoms with Gasteiger partial charge in [0.25, 0.3) is 5.56 Å². The minimum Gasteiger partial charge on any atom is -0.394 e. The number of rotatable bonds is 8. The maximum atomic E-state index is 12.7. The maximum Gasteiger partial charge on any atom is 0.330 e. The van der Waals surface area contributed by atoms with Gasteiger partial charge >= 0.3 is 5.69 Å². The molecule has 1 unspecified atom stereocenters. The van der Waals surface area contributed by atoms with Gasteiger partial charge in [-0.2, -0.15) is 0 Å². The van der Waals surface area contributed by atoms with E-state index in [-0.39, 0.29) is 12.0 Å². The molecule has 0 radical (unpaired) electrons. The number of aliphatic hydroxyl groups is 3. The molecule has 2 aromatic rings. The van der Waals surface area contributed by atoms with E-state index in [0.717, 1.165) is 4.57 Å². The van der Waals surface area contributed by atoms with Crippen molar-refractivity contribution in [1.29, 1.82) is 0 Å². The highest BCUT2D eigenvalue weighted by Gasteiger charge is 2.44. The van der Waals surface area contributed by atoms with Gasteiger partial charge in [0.05, 0.1) is 12.2 Å². The fourth-order valence-corrected chi connectivity index (χ4v) is 3.91. The summed E-state index contributed by atoms with van der Waals surface area (Å²) >= 11 is 0. The molecule has 12 heteroatoms. The molecule has 12 nitrogen and oxygen atoms in total. The average Bonchev–Trinajstić information content (AvgIpc) is 3.07. The zero-order chi connectivity index (χ0) is 25.0. The molecule has 1 saturated heterocycles. The van der Waals surface area contributed by atoms with E-state index in [2.05, 4.69) is 15.6 Å². The standard InChI is InChI=1S/C22H28N4O8/c1-3-23-20(32)15(24-11(2)28)8-12-6-4-5-7-13(12)14-9-26(22(33)25-19(14)31)21-18(30)17(29)16(10-27)34-21/h4-7,9,15-18,21,27,29-30H,3,8,10H2,1-2H3,(H,23,32)(H,24,28)(H,25,31,33)/t15?,16-,17-,18-,21-/m1/s1. The second kappa shape index (κ2) is 10.7. The number of aromatic amines is 1. The summed E-state index contributed by atoms with van der Waals surface area (Å²) < 4.78 is 6.36. The van der Waals surface area contributed by atoms with E-state index in [1.807, 2.05) is 0 Å². The molecule has 2 heterocycles. The van der Waals surface area contributed by atoms with Crippen molar-refractivity contribution in [2.75, 3.05) is 13.2 Å². The van der Waals surface area contributed by atoms with Gasteiger partial charge in [-0.1, -0.05) is 24.3 Å². The Labute approximate surface area is 194 Å². The topological polar surface area (TPSA) is 183 Å². The molecular weight excluding hydrogens is 448 g/mol. The van der Waals surface area contributed by atoms with Crippen LogP contribution in [0.3, 0.4) is 0 Å². The number of nitrogens with zero attached hydrogens (tertiary/aromatic N) is 1. The number of aromatic nitrogens is 2. The zero-order valence-electron chi connectivity index (χ0n) is 18.7. The van der Waals surface area contributed by atoms with Crippen LogP contribution in [0, 0.1) is 0 Å². The van der Waals surface area contributed by atoms with E-state index in [0.29, 0.717) is 17.7 Å². The van der Waals surface area contributed by atoms with Crippen LogP contribution >= 0.6 is 0 Å². The van der Waals surface area contributed by atoms with Gasteiger partial charge in [-0.3, -0.25) is 23.9 Å². The third-order valence-electron chi connectivity index (χ3n) is 5.54. The van der Waals surface area contributed by atoms with E-state index in [4.69, 9.17) is 4.74 Å². The summed E-state index contributed by atoms with van der Waals surface area (Å²) in [5.41, 5.74) is -0.604. The SMILES string of the molecule is CCNC(=O)C(Cc1ccccc1-c1cn([C@@H]2O[C@H](CO)[C@@H](O)[C@H]2O)c(=O)[nH]c1=O)NC(C)=O. The minimum atomic E-state index is -1.52. The summed E-state index contributed by atoms with van der Waals surface area (Å²) in [4.78, 5) is 51.5. The highest BCUT2D eigenvalue weighted by Crippen LogP contribution is 2.29. The minimum absolute atomic E-state index is 0.0467. The number of hydrogen-bond acceptors (Lipinski definition) is 8. The summed E-state index contributed by atoms with van der Waals surface area (Å²) in [6.07, 6.45) is -4.14. The lowest BCUT2D eigenvalue weighted by Gasteiger charge is -2.20. The molecule has 2 amide bonds. The van der Waals surface area contributed by atoms with Gasteiger partial charge in [0.1, 0.15) is 24.4 Å². The van der Waals surface area contributed by atoms with Gasteiger partial charge < -0.3 is 30.7 Å². The molecule has 34 heavy (non-hydrogen) atoms. The number of aliphatic hydroxyl groups excluding tert-OH is 3. The number of ether oxygens (including phenoxy) is 1. The third kappa shape index (κ3) is 5.25. The second-order valence-corrected chi connectivity index (χ2v) is 7.95. The van der Waals surface area contributed by atoms with Crippen LogP contribution in [-0.2, 0) is 20.7 Å². The molecule has 0 aliphatic carbocycles. The number of hydrogen-bond donors (Lipinski definition) is 6.